The smallest absolute Gasteiger partial charge is 0.256 e. The maximum Gasteiger partial charge on any atom is 0.256 e. The Bertz CT molecular complexity index is 1830. The van der Waals surface area contributed by atoms with E-state index in [-0.39, 0.29) is 101 Å². The molecule has 2 rings (SSSR count). The number of aliphatic hydroxyl groups is 8. The van der Waals surface area contributed by atoms with E-state index >= 15 is 0 Å². The molecule has 6 amide bonds. The predicted octanol–water partition coefficient (Wildman–Crippen LogP) is -0.0145. The first-order chi connectivity index (χ1) is 28.7. The van der Waals surface area contributed by atoms with Gasteiger partial charge in [0.15, 0.2) is 0 Å². The number of aliphatic hydroxyl groups excluding tert-OH is 8. The van der Waals surface area contributed by atoms with Crippen LogP contribution in [0.3, 0.4) is 0 Å². The highest BCUT2D eigenvalue weighted by atomic mass is 127. The minimum absolute atomic E-state index is 0.0242. The number of halogens is 6. The van der Waals surface area contributed by atoms with Crippen LogP contribution in [-0.2, 0) is 9.59 Å². The number of nitrogens with one attached hydrogen (secondary N) is 2. The van der Waals surface area contributed by atoms with Gasteiger partial charge in [0.25, 0.3) is 23.6 Å². The molecule has 2 atom stereocenters. The van der Waals surface area contributed by atoms with Crippen molar-refractivity contribution in [3.05, 3.63) is 43.7 Å². The average Bonchev–Trinajstić information content (AvgIpc) is 3.22. The van der Waals surface area contributed by atoms with E-state index in [1.807, 2.05) is 136 Å². The van der Waals surface area contributed by atoms with Gasteiger partial charge in [0.2, 0.25) is 11.8 Å². The molecule has 0 radical (unpaired) electrons. The van der Waals surface area contributed by atoms with Crippen LogP contribution in [0.15, 0.2) is 0 Å². The number of nitrogens with zero attached hydrogens (tertiary/aromatic N) is 4. The maximum absolute atomic E-state index is 14.2. The lowest BCUT2D eigenvalue weighted by molar-refractivity contribution is -0.119. The standard InChI is InChI=1S/C35H44I6N6O14/c1-44(32(58)20-24(36)22(28(40)30(26(20)38)42-18(56)14-52)34(60)46(6-8-48)10-16(54)12-50)4-3-5-45(2)33(59)21-25(37)23(29(41)31(27(21)39)43-19(57)15-53)35(61)47(7-9-49)11-17(55)13-51/h16-17,48-55H,3-15H2,1-2H3,(H,42,56)(H,43,57). The second-order valence-corrected chi connectivity index (χ2v) is 19.4. The zero-order valence-corrected chi connectivity index (χ0v) is 45.4. The number of amides is 6. The third-order valence-corrected chi connectivity index (χ3v) is 15.1. The predicted molar refractivity (Wildman–Crippen MR) is 271 cm³/mol. The molecule has 61 heavy (non-hydrogen) atoms. The summed E-state index contributed by atoms with van der Waals surface area (Å²) in [5.41, 5.74) is 0.113. The Hall–Kier alpha value is -0.680. The summed E-state index contributed by atoms with van der Waals surface area (Å²) < 4.78 is 1.30. The van der Waals surface area contributed by atoms with Crippen molar-refractivity contribution in [2.24, 2.45) is 0 Å². The summed E-state index contributed by atoms with van der Waals surface area (Å²) in [5.74, 6) is -4.23. The first-order valence-electron chi connectivity index (χ1n) is 17.8. The van der Waals surface area contributed by atoms with E-state index in [4.69, 9.17) is 0 Å². The summed E-state index contributed by atoms with van der Waals surface area (Å²) in [4.78, 5) is 85.9. The second kappa shape index (κ2) is 27.1. The first-order valence-corrected chi connectivity index (χ1v) is 24.3. The van der Waals surface area contributed by atoms with Gasteiger partial charge in [-0.2, -0.15) is 0 Å². The molecular weight excluding hydrogens is 1490 g/mol. The van der Waals surface area contributed by atoms with Crippen molar-refractivity contribution >= 4 is 182 Å². The monoisotopic (exact) mass is 1530 g/mol. The third kappa shape index (κ3) is 14.7. The van der Waals surface area contributed by atoms with Gasteiger partial charge in [-0.15, -0.1) is 0 Å². The van der Waals surface area contributed by atoms with Crippen molar-refractivity contribution in [3.8, 4) is 0 Å². The highest BCUT2D eigenvalue weighted by Crippen LogP contribution is 2.39. The molecule has 2 unspecified atom stereocenters. The molecule has 0 saturated heterocycles. The normalized spacial score (nSPS) is 12.1. The van der Waals surface area contributed by atoms with E-state index in [9.17, 15) is 69.6 Å². The molecule has 2 aromatic carbocycles. The molecule has 10 N–H and O–H groups in total. The molecule has 0 saturated carbocycles. The van der Waals surface area contributed by atoms with Gasteiger partial charge in [0.05, 0.1) is 86.5 Å². The van der Waals surface area contributed by atoms with Gasteiger partial charge < -0.3 is 71.1 Å². The summed E-state index contributed by atoms with van der Waals surface area (Å²) >= 11 is 11.0. The lowest BCUT2D eigenvalue weighted by Gasteiger charge is -2.28. The molecule has 2 aromatic rings. The third-order valence-electron chi connectivity index (χ3n) is 8.58. The maximum atomic E-state index is 14.2. The van der Waals surface area contributed by atoms with Crippen LogP contribution in [0.1, 0.15) is 47.9 Å². The average molecular weight is 1530 g/mol. The molecule has 20 nitrogen and oxygen atoms in total. The number of rotatable bonds is 22. The largest absolute Gasteiger partial charge is 0.395 e. The van der Waals surface area contributed by atoms with Crippen molar-refractivity contribution in [1.29, 1.82) is 0 Å². The minimum atomic E-state index is -1.34. The molecule has 0 aliphatic rings. The molecule has 0 bridgehead atoms. The molecule has 0 fully saturated rings. The van der Waals surface area contributed by atoms with Crippen molar-refractivity contribution in [1.82, 2.24) is 19.6 Å². The van der Waals surface area contributed by atoms with Crippen molar-refractivity contribution in [2.75, 3.05) is 104 Å². The van der Waals surface area contributed by atoms with E-state index in [2.05, 4.69) is 10.6 Å². The van der Waals surface area contributed by atoms with Crippen molar-refractivity contribution in [2.45, 2.75) is 18.6 Å². The summed E-state index contributed by atoms with van der Waals surface area (Å²) in [5, 5.41) is 82.4. The minimum Gasteiger partial charge on any atom is -0.395 e. The SMILES string of the molecule is CN(CCCN(C)C(=O)c1c(I)c(NC(=O)CO)c(I)c(C(=O)N(CCO)CC(O)CO)c1I)C(=O)c1c(I)c(NC(=O)CO)c(I)c(C(=O)N(CCO)CC(O)CO)c1I. The lowest BCUT2D eigenvalue weighted by Crippen LogP contribution is -2.42. The Kier molecular flexibility index (Phi) is 25.1. The molecular formula is C35H44I6N6O14. The number of hydrogen-bond acceptors (Lipinski definition) is 14. The highest BCUT2D eigenvalue weighted by Gasteiger charge is 2.34. The van der Waals surface area contributed by atoms with Gasteiger partial charge in [-0.1, -0.05) is 0 Å². The van der Waals surface area contributed by atoms with Crippen LogP contribution in [0.2, 0.25) is 0 Å². The molecule has 0 heterocycles. The van der Waals surface area contributed by atoms with E-state index in [0.29, 0.717) is 0 Å². The number of carbonyl (C=O) groups excluding carboxylic acids is 6. The Morgan fingerprint density at radius 3 is 1.05 bits per heavy atom. The van der Waals surface area contributed by atoms with Gasteiger partial charge in [-0.3, -0.25) is 28.8 Å². The Labute approximate surface area is 432 Å². The fraction of sp³-hybridized carbons (Fsp3) is 0.486. The molecule has 26 heteroatoms. The molecule has 0 aromatic heterocycles. The van der Waals surface area contributed by atoms with Crippen molar-refractivity contribution < 1.29 is 69.6 Å². The van der Waals surface area contributed by atoms with Crippen LogP contribution >= 0.6 is 136 Å². The molecule has 0 aliphatic carbocycles. The highest BCUT2D eigenvalue weighted by molar-refractivity contribution is 14.1. The van der Waals surface area contributed by atoms with Gasteiger partial charge in [0.1, 0.15) is 13.2 Å². The Balaban J connectivity index is 2.56. The Morgan fingerprint density at radius 1 is 0.492 bits per heavy atom. The van der Waals surface area contributed by atoms with Gasteiger partial charge >= 0.3 is 0 Å². The molecule has 0 aliphatic heterocycles. The van der Waals surface area contributed by atoms with Crippen LogP contribution in [0, 0.1) is 21.4 Å². The second-order valence-electron chi connectivity index (χ2n) is 13.0. The summed E-state index contributed by atoms with van der Waals surface area (Å²) in [6, 6.07) is 0. The number of anilines is 2. The summed E-state index contributed by atoms with van der Waals surface area (Å²) in [7, 11) is 2.98. The quantitative estimate of drug-likeness (QED) is 0.0694. The van der Waals surface area contributed by atoms with Gasteiger partial charge in [-0.25, -0.2) is 0 Å². The Morgan fingerprint density at radius 2 is 0.787 bits per heavy atom. The van der Waals surface area contributed by atoms with Crippen molar-refractivity contribution in [3.63, 3.8) is 0 Å². The lowest BCUT2D eigenvalue weighted by atomic mass is 10.1. The first kappa shape index (κ1) is 56.4. The fourth-order valence-corrected chi connectivity index (χ4v) is 14.2. The topological polar surface area (TPSA) is 301 Å². The van der Waals surface area contributed by atoms with E-state index in [1.165, 1.54) is 23.9 Å². The van der Waals surface area contributed by atoms with Gasteiger partial charge in [0, 0.05) is 60.5 Å². The van der Waals surface area contributed by atoms with Crippen LogP contribution < -0.4 is 10.6 Å². The van der Waals surface area contributed by atoms with E-state index in [1.54, 1.807) is 0 Å². The van der Waals surface area contributed by atoms with Crippen LogP contribution in [-0.4, -0.2) is 201 Å². The summed E-state index contributed by atoms with van der Waals surface area (Å²) in [6.45, 7) is -5.14. The number of benzene rings is 2. The number of hydrogen-bond donors (Lipinski definition) is 10. The van der Waals surface area contributed by atoms with Gasteiger partial charge in [-0.05, 0) is 142 Å². The van der Waals surface area contributed by atoms with Crippen LogP contribution in [0.25, 0.3) is 0 Å². The zero-order chi connectivity index (χ0) is 46.5. The number of carbonyl (C=O) groups is 6. The molecule has 340 valence electrons. The van der Waals surface area contributed by atoms with E-state index in [0.717, 1.165) is 9.80 Å². The fourth-order valence-electron chi connectivity index (χ4n) is 5.52. The van der Waals surface area contributed by atoms with Crippen LogP contribution in [0.5, 0.6) is 0 Å². The van der Waals surface area contributed by atoms with Crippen LogP contribution in [0.4, 0.5) is 11.4 Å². The molecule has 0 spiro atoms. The van der Waals surface area contributed by atoms with E-state index < -0.39 is 87.3 Å². The summed E-state index contributed by atoms with van der Waals surface area (Å²) in [6.07, 6.45) is -2.47. The zero-order valence-electron chi connectivity index (χ0n) is 32.4.